The summed E-state index contributed by atoms with van der Waals surface area (Å²) in [5, 5.41) is 12.3. The van der Waals surface area contributed by atoms with Crippen molar-refractivity contribution in [2.75, 3.05) is 27.2 Å². The van der Waals surface area contributed by atoms with Gasteiger partial charge < -0.3 is 19.3 Å². The summed E-state index contributed by atoms with van der Waals surface area (Å²) >= 11 is 0. The second-order valence-electron chi connectivity index (χ2n) is 13.9. The lowest BCUT2D eigenvalue weighted by molar-refractivity contribution is -0.312. The van der Waals surface area contributed by atoms with Crippen LogP contribution in [-0.4, -0.2) is 60.6 Å². The van der Waals surface area contributed by atoms with Gasteiger partial charge in [-0.3, -0.25) is 4.90 Å². The third-order valence-electron chi connectivity index (χ3n) is 12.0. The molecule has 0 radical (unpaired) electrons. The minimum Gasteiger partial charge on any atom is -0.493 e. The number of piperidine rings is 1. The number of rotatable bonds is 5. The smallest absolute Gasteiger partial charge is 0.165 e. The van der Waals surface area contributed by atoms with Crippen LogP contribution < -0.4 is 9.47 Å². The highest BCUT2D eigenvalue weighted by atomic mass is 16.6. The van der Waals surface area contributed by atoms with Crippen LogP contribution >= 0.6 is 0 Å². The number of benzene rings is 1. The minimum absolute atomic E-state index is 0.0676. The van der Waals surface area contributed by atoms with Crippen LogP contribution in [0.5, 0.6) is 11.5 Å². The first-order chi connectivity index (χ1) is 17.7. The molecule has 5 heteroatoms. The molecule has 5 fully saturated rings. The Morgan fingerprint density at radius 3 is 2.69 bits per heavy atom. The first-order valence-electron chi connectivity index (χ1n) is 15.2. The van der Waals surface area contributed by atoms with Gasteiger partial charge in [-0.1, -0.05) is 26.8 Å². The summed E-state index contributed by atoms with van der Waals surface area (Å²) in [4.78, 5) is 2.78. The molecule has 7 atom stereocenters. The van der Waals surface area contributed by atoms with Crippen molar-refractivity contribution in [3.8, 4) is 11.5 Å². The Morgan fingerprint density at radius 2 is 2.00 bits per heavy atom. The van der Waals surface area contributed by atoms with E-state index < -0.39 is 18.2 Å². The Balaban J connectivity index is 1.46. The predicted molar refractivity (Wildman–Crippen MR) is 135 cm³/mol. The third-order valence-corrected chi connectivity index (χ3v) is 12.0. The molecule has 0 aromatic heterocycles. The Kier molecular flexibility index (Phi) is 3.82. The largest absolute Gasteiger partial charge is 0.493 e. The fourth-order valence-corrected chi connectivity index (χ4v) is 9.65. The molecule has 2 heterocycles. The summed E-state index contributed by atoms with van der Waals surface area (Å²) in [6.45, 7) is 10.5. The molecule has 5 aliphatic carbocycles. The molecule has 35 heavy (non-hydrogen) atoms. The number of fused-ring (bicyclic) bond motifs is 2. The molecular formula is C30H43NO4. The molecule has 4 saturated carbocycles. The molecule has 8 rings (SSSR count). The van der Waals surface area contributed by atoms with Crippen LogP contribution in [0.2, 0.25) is 0 Å². The van der Waals surface area contributed by atoms with Gasteiger partial charge in [0.2, 0.25) is 0 Å². The van der Waals surface area contributed by atoms with E-state index in [1.807, 2.05) is 6.92 Å². The van der Waals surface area contributed by atoms with Gasteiger partial charge in [0.15, 0.2) is 11.5 Å². The summed E-state index contributed by atoms with van der Waals surface area (Å²) in [6, 6.07) is 4.28. The molecule has 2 aliphatic heterocycles. The van der Waals surface area contributed by atoms with Crippen LogP contribution in [0.25, 0.3) is 0 Å². The standard InChI is InChI=1S/C30H43NO4/c1-26(2,3)27(4,32)21-16-28-11-12-30(21,34-6)25-29(28)13-14-31(17-18-7-8-18)22(28)15-19-9-10-20(33-5)24(35-25)23(19)29/h9-10,18,21-22,25,32H,7-8,11-17H2,1-6H3/t21-,22-,25-,27?,28?,29+,30?/m1/s1/i5D3. The molecule has 3 unspecified atom stereocenters. The van der Waals surface area contributed by atoms with E-state index in [4.69, 9.17) is 18.3 Å². The van der Waals surface area contributed by atoms with Crippen molar-refractivity contribution in [2.24, 2.45) is 22.7 Å². The zero-order valence-electron chi connectivity index (χ0n) is 24.9. The molecule has 4 bridgehead atoms. The van der Waals surface area contributed by atoms with Crippen LogP contribution in [0.4, 0.5) is 0 Å². The number of hydrogen-bond donors (Lipinski definition) is 1. The number of hydrogen-bond acceptors (Lipinski definition) is 5. The number of nitrogens with zero attached hydrogens (tertiary/aromatic N) is 1. The molecular weight excluding hydrogens is 438 g/mol. The van der Waals surface area contributed by atoms with Crippen LogP contribution in [0.15, 0.2) is 12.1 Å². The molecule has 1 N–H and O–H groups in total. The summed E-state index contributed by atoms with van der Waals surface area (Å²) < 4.78 is 42.6. The van der Waals surface area contributed by atoms with E-state index in [0.717, 1.165) is 51.1 Å². The van der Waals surface area contributed by atoms with Gasteiger partial charge in [0.05, 0.1) is 16.8 Å². The van der Waals surface area contributed by atoms with Gasteiger partial charge >= 0.3 is 0 Å². The summed E-state index contributed by atoms with van der Waals surface area (Å²) in [7, 11) is -0.769. The van der Waals surface area contributed by atoms with E-state index in [0.29, 0.717) is 17.5 Å². The van der Waals surface area contributed by atoms with Gasteiger partial charge in [-0.05, 0) is 81.4 Å². The van der Waals surface area contributed by atoms with E-state index in [1.54, 1.807) is 13.2 Å². The second kappa shape index (κ2) is 6.76. The normalized spacial score (nSPS) is 44.5. The average molecular weight is 485 g/mol. The van der Waals surface area contributed by atoms with E-state index in [-0.39, 0.29) is 28.3 Å². The summed E-state index contributed by atoms with van der Waals surface area (Å²) in [6.07, 6.45) is 7.03. The second-order valence-corrected chi connectivity index (χ2v) is 13.9. The Hall–Kier alpha value is -1.30. The lowest BCUT2D eigenvalue weighted by Crippen LogP contribution is -2.83. The van der Waals surface area contributed by atoms with Gasteiger partial charge in [-0.2, -0.15) is 0 Å². The molecule has 1 aromatic rings. The molecule has 7 aliphatic rings. The van der Waals surface area contributed by atoms with E-state index in [1.165, 1.54) is 24.0 Å². The Labute approximate surface area is 214 Å². The van der Waals surface area contributed by atoms with Crippen molar-refractivity contribution in [3.05, 3.63) is 23.3 Å². The van der Waals surface area contributed by atoms with Crippen molar-refractivity contribution in [1.29, 1.82) is 0 Å². The zero-order valence-corrected chi connectivity index (χ0v) is 21.9. The van der Waals surface area contributed by atoms with Gasteiger partial charge in [0, 0.05) is 42.0 Å². The molecule has 192 valence electrons. The molecule has 1 saturated heterocycles. The van der Waals surface area contributed by atoms with Gasteiger partial charge in [-0.25, -0.2) is 0 Å². The Bertz CT molecular complexity index is 1170. The SMILES string of the molecule is [2H]C([2H])([2H])Oc1ccc2c3c1O[C@H]1C4(OC)CCC5(C[C@@H]4C(C)(O)C(C)(C)C)[C@@H](C2)N(CC2CC2)CC[C@]315. The maximum absolute atomic E-state index is 12.3. The lowest BCUT2D eigenvalue weighted by atomic mass is 9.33. The lowest BCUT2D eigenvalue weighted by Gasteiger charge is -2.75. The highest BCUT2D eigenvalue weighted by molar-refractivity contribution is 5.63. The average Bonchev–Trinajstić information content (AvgIpc) is 3.57. The topological polar surface area (TPSA) is 51.2 Å². The Morgan fingerprint density at radius 1 is 1.20 bits per heavy atom. The molecule has 0 amide bonds. The first-order valence-corrected chi connectivity index (χ1v) is 13.7. The van der Waals surface area contributed by atoms with Crippen molar-refractivity contribution in [2.45, 2.75) is 101 Å². The number of ether oxygens (including phenoxy) is 3. The van der Waals surface area contributed by atoms with Crippen LogP contribution in [0.3, 0.4) is 0 Å². The fraction of sp³-hybridized carbons (Fsp3) is 0.800. The van der Waals surface area contributed by atoms with Crippen LogP contribution in [0, 0.1) is 22.7 Å². The summed E-state index contributed by atoms with van der Waals surface area (Å²) in [5.74, 6) is 1.62. The molecule has 5 nitrogen and oxygen atoms in total. The minimum atomic E-state index is -2.56. The highest BCUT2D eigenvalue weighted by Crippen LogP contribution is 2.78. The van der Waals surface area contributed by atoms with Crippen molar-refractivity contribution < 1.29 is 23.4 Å². The zero-order chi connectivity index (χ0) is 27.1. The quantitative estimate of drug-likeness (QED) is 0.656. The van der Waals surface area contributed by atoms with E-state index >= 15 is 0 Å². The van der Waals surface area contributed by atoms with Gasteiger partial charge in [-0.15, -0.1) is 0 Å². The van der Waals surface area contributed by atoms with Crippen LogP contribution in [-0.2, 0) is 16.6 Å². The van der Waals surface area contributed by atoms with Crippen molar-refractivity contribution in [1.82, 2.24) is 4.90 Å². The van der Waals surface area contributed by atoms with Crippen LogP contribution in [0.1, 0.15) is 81.5 Å². The third kappa shape index (κ3) is 2.47. The number of likely N-dealkylation sites (tertiary alicyclic amines) is 1. The number of methoxy groups -OCH3 is 2. The van der Waals surface area contributed by atoms with Crippen molar-refractivity contribution in [3.63, 3.8) is 0 Å². The van der Waals surface area contributed by atoms with Gasteiger partial charge in [0.1, 0.15) is 11.7 Å². The summed E-state index contributed by atoms with van der Waals surface area (Å²) in [5.41, 5.74) is 0.108. The maximum atomic E-state index is 12.3. The van der Waals surface area contributed by atoms with E-state index in [9.17, 15) is 5.11 Å². The molecule has 2 spiro atoms. The molecule has 1 aromatic carbocycles. The van der Waals surface area contributed by atoms with E-state index in [2.05, 4.69) is 31.7 Å². The maximum Gasteiger partial charge on any atom is 0.165 e. The van der Waals surface area contributed by atoms with Crippen molar-refractivity contribution >= 4 is 0 Å². The number of aliphatic hydroxyl groups is 1. The van der Waals surface area contributed by atoms with Gasteiger partial charge in [0.25, 0.3) is 0 Å². The predicted octanol–water partition coefficient (Wildman–Crippen LogP) is 4.72. The fourth-order valence-electron chi connectivity index (χ4n) is 9.65. The highest BCUT2D eigenvalue weighted by Gasteiger charge is 2.82. The first kappa shape index (κ1) is 19.8. The monoisotopic (exact) mass is 484 g/mol.